The molecule has 1 atom stereocenters. The topological polar surface area (TPSA) is 42.0 Å². The molecule has 0 unspecified atom stereocenters. The van der Waals surface area contributed by atoms with Gasteiger partial charge in [0.25, 0.3) is 0 Å². The molecule has 0 saturated heterocycles. The van der Waals surface area contributed by atoms with Crippen LogP contribution in [-0.4, -0.2) is 10.8 Å². The molecule has 4 heteroatoms. The van der Waals surface area contributed by atoms with Crippen LogP contribution in [0.3, 0.4) is 0 Å². The van der Waals surface area contributed by atoms with Crippen LogP contribution in [0.25, 0.3) is 5.70 Å². The van der Waals surface area contributed by atoms with Crippen LogP contribution >= 0.6 is 11.8 Å². The lowest BCUT2D eigenvalue weighted by Gasteiger charge is -2.16. The predicted octanol–water partition coefficient (Wildman–Crippen LogP) is 4.95. The van der Waals surface area contributed by atoms with Crippen molar-refractivity contribution in [2.45, 2.75) is 10.1 Å². The molecule has 0 radical (unpaired) electrons. The first kappa shape index (κ1) is 14.5. The van der Waals surface area contributed by atoms with Crippen LogP contribution in [0.1, 0.15) is 26.7 Å². The second-order valence-corrected chi connectivity index (χ2v) is 7.22. The van der Waals surface area contributed by atoms with Crippen LogP contribution < -0.4 is 5.32 Å². The number of Topliss-reactive ketones (excluding diaryl/α,β-unsaturated/α-hetero) is 1. The number of benzene rings is 2. The Morgan fingerprint density at radius 2 is 1.72 bits per heavy atom. The van der Waals surface area contributed by atoms with E-state index in [0.29, 0.717) is 0 Å². The largest absolute Gasteiger partial charge is 0.354 e. The van der Waals surface area contributed by atoms with Crippen molar-refractivity contribution >= 4 is 28.9 Å². The van der Waals surface area contributed by atoms with Crippen LogP contribution in [0.4, 0.5) is 5.69 Å². The summed E-state index contributed by atoms with van der Waals surface area (Å²) in [5, 5.41) is 3.44. The number of thioether (sulfide) groups is 1. The number of hydrogen-bond donors (Lipinski definition) is 1. The zero-order valence-electron chi connectivity index (χ0n) is 13.3. The summed E-state index contributed by atoms with van der Waals surface area (Å²) in [5.41, 5.74) is 5.57. The van der Waals surface area contributed by atoms with Crippen molar-refractivity contribution in [3.63, 3.8) is 0 Å². The van der Waals surface area contributed by atoms with Gasteiger partial charge in [-0.05, 0) is 23.8 Å². The number of carbonyl (C=O) groups excluding carboxylic acids is 1. The van der Waals surface area contributed by atoms with Gasteiger partial charge in [-0.3, -0.25) is 9.78 Å². The molecule has 0 fully saturated rings. The molecular formula is C21H14N2OS. The van der Waals surface area contributed by atoms with Crippen molar-refractivity contribution in [2.24, 2.45) is 0 Å². The second kappa shape index (κ2) is 5.60. The van der Waals surface area contributed by atoms with Crippen LogP contribution in [0.2, 0.25) is 0 Å². The molecule has 1 aromatic heterocycles. The lowest BCUT2D eigenvalue weighted by atomic mass is 10.0. The summed E-state index contributed by atoms with van der Waals surface area (Å²) in [4.78, 5) is 18.6. The van der Waals surface area contributed by atoms with E-state index in [1.165, 1.54) is 0 Å². The number of rotatable bonds is 1. The van der Waals surface area contributed by atoms with Crippen molar-refractivity contribution < 1.29 is 4.79 Å². The lowest BCUT2D eigenvalue weighted by Crippen LogP contribution is -2.07. The number of ketones is 1. The Hall–Kier alpha value is -2.85. The molecule has 25 heavy (non-hydrogen) atoms. The van der Waals surface area contributed by atoms with Gasteiger partial charge in [-0.25, -0.2) is 0 Å². The highest BCUT2D eigenvalue weighted by molar-refractivity contribution is 8.00. The molecule has 2 aliphatic rings. The normalized spacial score (nSPS) is 18.1. The molecule has 3 nitrogen and oxygen atoms in total. The molecule has 0 amide bonds. The number of fused-ring (bicyclic) bond motifs is 3. The van der Waals surface area contributed by atoms with Gasteiger partial charge in [0, 0.05) is 34.0 Å². The van der Waals surface area contributed by atoms with Crippen molar-refractivity contribution in [3.05, 3.63) is 95.3 Å². The minimum atomic E-state index is -0.0836. The highest BCUT2D eigenvalue weighted by Gasteiger charge is 2.38. The summed E-state index contributed by atoms with van der Waals surface area (Å²) in [7, 11) is 0. The average molecular weight is 342 g/mol. The summed E-state index contributed by atoms with van der Waals surface area (Å²) in [6, 6.07) is 20.0. The minimum Gasteiger partial charge on any atom is -0.354 e. The van der Waals surface area contributed by atoms with E-state index in [4.69, 9.17) is 0 Å². The molecule has 1 aliphatic carbocycles. The zero-order chi connectivity index (χ0) is 16.8. The van der Waals surface area contributed by atoms with Gasteiger partial charge in [-0.2, -0.15) is 0 Å². The molecule has 5 rings (SSSR count). The van der Waals surface area contributed by atoms with Gasteiger partial charge in [0.1, 0.15) is 0 Å². The van der Waals surface area contributed by atoms with Gasteiger partial charge >= 0.3 is 0 Å². The highest BCUT2D eigenvalue weighted by atomic mass is 32.2. The third kappa shape index (κ3) is 2.22. The van der Waals surface area contributed by atoms with E-state index in [0.717, 1.165) is 38.5 Å². The third-order valence-corrected chi connectivity index (χ3v) is 5.95. The molecule has 120 valence electrons. The molecular weight excluding hydrogens is 328 g/mol. The molecule has 2 aromatic carbocycles. The molecule has 2 heterocycles. The summed E-state index contributed by atoms with van der Waals surface area (Å²) < 4.78 is 0. The minimum absolute atomic E-state index is 0.0836. The maximum Gasteiger partial charge on any atom is 0.193 e. The van der Waals surface area contributed by atoms with Crippen LogP contribution in [0.5, 0.6) is 0 Å². The SMILES string of the molecule is O=C1C2=C(Nc3ccccc3S[C@@H]2c2cccnc2)c2ccccc21. The highest BCUT2D eigenvalue weighted by Crippen LogP contribution is 2.52. The fraction of sp³-hybridized carbons (Fsp3) is 0.0476. The van der Waals surface area contributed by atoms with E-state index < -0.39 is 0 Å². The Kier molecular flexibility index (Phi) is 3.25. The van der Waals surface area contributed by atoms with Gasteiger partial charge < -0.3 is 5.32 Å². The van der Waals surface area contributed by atoms with Gasteiger partial charge in [0.15, 0.2) is 5.78 Å². The van der Waals surface area contributed by atoms with E-state index in [9.17, 15) is 4.79 Å². The number of aromatic nitrogens is 1. The third-order valence-electron chi connectivity index (χ3n) is 4.60. The van der Waals surface area contributed by atoms with Crippen molar-refractivity contribution in [1.29, 1.82) is 0 Å². The number of anilines is 1. The van der Waals surface area contributed by atoms with Gasteiger partial charge in [0.05, 0.1) is 16.6 Å². The smallest absolute Gasteiger partial charge is 0.193 e. The number of para-hydroxylation sites is 1. The lowest BCUT2D eigenvalue weighted by molar-refractivity contribution is 0.103. The summed E-state index contributed by atoms with van der Waals surface area (Å²) in [5.74, 6) is 0.104. The average Bonchev–Trinajstić information content (AvgIpc) is 2.84. The number of nitrogens with one attached hydrogen (secondary N) is 1. The molecule has 3 aromatic rings. The van der Waals surface area contributed by atoms with E-state index in [1.54, 1.807) is 18.0 Å². The first-order chi connectivity index (χ1) is 12.3. The number of nitrogens with zero attached hydrogens (tertiary/aromatic N) is 1. The van der Waals surface area contributed by atoms with E-state index in [-0.39, 0.29) is 11.0 Å². The predicted molar refractivity (Wildman–Crippen MR) is 101 cm³/mol. The zero-order valence-corrected chi connectivity index (χ0v) is 14.1. The Bertz CT molecular complexity index is 1030. The Labute approximate surface area is 149 Å². The van der Waals surface area contributed by atoms with Crippen LogP contribution in [-0.2, 0) is 0 Å². The number of pyridine rings is 1. The molecule has 1 aliphatic heterocycles. The Balaban J connectivity index is 1.76. The first-order valence-electron chi connectivity index (χ1n) is 8.14. The van der Waals surface area contributed by atoms with Crippen molar-refractivity contribution in [1.82, 2.24) is 4.98 Å². The van der Waals surface area contributed by atoms with Crippen LogP contribution in [0, 0.1) is 0 Å². The summed E-state index contributed by atoms with van der Waals surface area (Å²) in [6.07, 6.45) is 3.62. The van der Waals surface area contributed by atoms with E-state index in [2.05, 4.69) is 22.4 Å². The maximum atomic E-state index is 13.2. The first-order valence-corrected chi connectivity index (χ1v) is 9.02. The van der Waals surface area contributed by atoms with Crippen molar-refractivity contribution in [3.8, 4) is 0 Å². The number of carbonyl (C=O) groups is 1. The standard InChI is InChI=1S/C21H14N2OS/c24-20-15-8-2-1-7-14(15)19-18(20)21(13-6-5-11-22-12-13)25-17-10-4-3-9-16(17)23-19/h1-12,21,23H/t21-/m1/s1. The fourth-order valence-electron chi connectivity index (χ4n) is 3.45. The van der Waals surface area contributed by atoms with Gasteiger partial charge in [-0.15, -0.1) is 11.8 Å². The molecule has 0 spiro atoms. The fourth-order valence-corrected chi connectivity index (χ4v) is 4.72. The van der Waals surface area contributed by atoms with Crippen LogP contribution in [0.15, 0.2) is 83.5 Å². The Morgan fingerprint density at radius 1 is 0.920 bits per heavy atom. The van der Waals surface area contributed by atoms with Gasteiger partial charge in [0.2, 0.25) is 0 Å². The Morgan fingerprint density at radius 3 is 2.56 bits per heavy atom. The number of hydrogen-bond acceptors (Lipinski definition) is 4. The molecule has 0 saturated carbocycles. The van der Waals surface area contributed by atoms with Gasteiger partial charge in [-0.1, -0.05) is 42.5 Å². The van der Waals surface area contributed by atoms with E-state index in [1.807, 2.05) is 54.7 Å². The quantitative estimate of drug-likeness (QED) is 0.679. The maximum absolute atomic E-state index is 13.2. The van der Waals surface area contributed by atoms with E-state index >= 15 is 0 Å². The molecule has 0 bridgehead atoms. The monoisotopic (exact) mass is 342 g/mol. The summed E-state index contributed by atoms with van der Waals surface area (Å²) in [6.45, 7) is 0. The van der Waals surface area contributed by atoms with Crippen molar-refractivity contribution in [2.75, 3.05) is 5.32 Å². The molecule has 1 N–H and O–H groups in total. The second-order valence-electron chi connectivity index (χ2n) is 6.07. The summed E-state index contributed by atoms with van der Waals surface area (Å²) >= 11 is 1.70.